The van der Waals surface area contributed by atoms with Gasteiger partial charge in [0.1, 0.15) is 6.04 Å². The normalized spacial score (nSPS) is 13.2. The van der Waals surface area contributed by atoms with Crippen LogP contribution in [-0.2, 0) is 13.0 Å². The van der Waals surface area contributed by atoms with Gasteiger partial charge in [-0.15, -0.1) is 0 Å². The van der Waals surface area contributed by atoms with Gasteiger partial charge in [0.2, 0.25) is 0 Å². The molecule has 0 radical (unpaired) electrons. The summed E-state index contributed by atoms with van der Waals surface area (Å²) in [5.74, 6) is 0. The van der Waals surface area contributed by atoms with Crippen molar-refractivity contribution < 1.29 is 13.2 Å². The molecule has 0 aliphatic heterocycles. The van der Waals surface area contributed by atoms with Gasteiger partial charge in [0.15, 0.2) is 0 Å². The third-order valence-electron chi connectivity index (χ3n) is 3.95. The fourth-order valence-corrected chi connectivity index (χ4v) is 2.92. The summed E-state index contributed by atoms with van der Waals surface area (Å²) in [5.41, 5.74) is 3.77. The van der Waals surface area contributed by atoms with E-state index < -0.39 is 12.2 Å². The SMILES string of the molecule is CCc1nn(CC)c(-c2ccc(N[C@H](C)C(F)(F)F)cc2C)c1Cl. The zero-order valence-electron chi connectivity index (χ0n) is 14.1. The van der Waals surface area contributed by atoms with E-state index in [1.807, 2.05) is 25.5 Å². The highest BCUT2D eigenvalue weighted by atomic mass is 35.5. The van der Waals surface area contributed by atoms with E-state index in [4.69, 9.17) is 11.6 Å². The van der Waals surface area contributed by atoms with E-state index >= 15 is 0 Å². The van der Waals surface area contributed by atoms with Gasteiger partial charge in [0.05, 0.1) is 16.4 Å². The maximum Gasteiger partial charge on any atom is 0.408 e. The van der Waals surface area contributed by atoms with Crippen LogP contribution in [0, 0.1) is 6.92 Å². The number of halogens is 4. The van der Waals surface area contributed by atoms with Gasteiger partial charge >= 0.3 is 6.18 Å². The van der Waals surface area contributed by atoms with E-state index in [2.05, 4.69) is 10.4 Å². The molecule has 0 saturated carbocycles. The molecular weight excluding hydrogens is 339 g/mol. The Hall–Kier alpha value is -1.69. The third-order valence-corrected chi connectivity index (χ3v) is 4.35. The van der Waals surface area contributed by atoms with Gasteiger partial charge in [-0.1, -0.05) is 24.6 Å². The van der Waals surface area contributed by atoms with Crippen molar-refractivity contribution in [3.05, 3.63) is 34.5 Å². The first-order chi connectivity index (χ1) is 11.2. The van der Waals surface area contributed by atoms with Gasteiger partial charge < -0.3 is 5.32 Å². The third kappa shape index (κ3) is 3.69. The van der Waals surface area contributed by atoms with E-state index in [0.29, 0.717) is 17.3 Å². The van der Waals surface area contributed by atoms with Crippen LogP contribution < -0.4 is 5.32 Å². The molecule has 1 heterocycles. The van der Waals surface area contributed by atoms with Crippen LogP contribution in [0.3, 0.4) is 0 Å². The molecule has 24 heavy (non-hydrogen) atoms. The van der Waals surface area contributed by atoms with Crippen molar-refractivity contribution in [1.82, 2.24) is 9.78 Å². The Kier molecular flexibility index (Phi) is 5.48. The molecule has 1 N–H and O–H groups in total. The number of aryl methyl sites for hydroxylation is 3. The van der Waals surface area contributed by atoms with Crippen molar-refractivity contribution in [2.24, 2.45) is 0 Å². The quantitative estimate of drug-likeness (QED) is 0.768. The molecule has 0 aliphatic rings. The van der Waals surface area contributed by atoms with Crippen molar-refractivity contribution in [2.75, 3.05) is 5.32 Å². The van der Waals surface area contributed by atoms with Crippen molar-refractivity contribution in [1.29, 1.82) is 0 Å². The molecule has 0 amide bonds. The number of aromatic nitrogens is 2. The van der Waals surface area contributed by atoms with Crippen LogP contribution in [0.5, 0.6) is 0 Å². The van der Waals surface area contributed by atoms with Crippen LogP contribution in [0.4, 0.5) is 18.9 Å². The van der Waals surface area contributed by atoms with Crippen LogP contribution in [0.1, 0.15) is 32.0 Å². The van der Waals surface area contributed by atoms with E-state index in [1.54, 1.807) is 18.2 Å². The minimum atomic E-state index is -4.28. The highest BCUT2D eigenvalue weighted by molar-refractivity contribution is 6.33. The fraction of sp³-hybridized carbons (Fsp3) is 0.471. The summed E-state index contributed by atoms with van der Waals surface area (Å²) >= 11 is 6.45. The number of anilines is 1. The van der Waals surface area contributed by atoms with Gasteiger partial charge in [-0.3, -0.25) is 4.68 Å². The van der Waals surface area contributed by atoms with E-state index in [1.165, 1.54) is 0 Å². The van der Waals surface area contributed by atoms with Crippen molar-refractivity contribution in [2.45, 2.75) is 52.9 Å². The first-order valence-corrected chi connectivity index (χ1v) is 8.26. The molecule has 0 aliphatic carbocycles. The number of rotatable bonds is 5. The Bertz CT molecular complexity index is 723. The molecule has 2 aromatic rings. The second-order valence-corrected chi connectivity index (χ2v) is 6.09. The number of alkyl halides is 3. The zero-order chi connectivity index (χ0) is 18.1. The van der Waals surface area contributed by atoms with Crippen molar-refractivity contribution >= 4 is 17.3 Å². The number of benzene rings is 1. The molecular formula is C17H21ClF3N3. The summed E-state index contributed by atoms with van der Waals surface area (Å²) in [5, 5.41) is 7.57. The molecule has 2 rings (SSSR count). The molecule has 0 fully saturated rings. The summed E-state index contributed by atoms with van der Waals surface area (Å²) in [7, 11) is 0. The molecule has 7 heteroatoms. The van der Waals surface area contributed by atoms with Gasteiger partial charge in [0, 0.05) is 17.8 Å². The molecule has 0 spiro atoms. The predicted molar refractivity (Wildman–Crippen MR) is 91.6 cm³/mol. The lowest BCUT2D eigenvalue weighted by molar-refractivity contribution is -0.138. The maximum absolute atomic E-state index is 12.7. The topological polar surface area (TPSA) is 29.9 Å². The highest BCUT2D eigenvalue weighted by Gasteiger charge is 2.35. The second-order valence-electron chi connectivity index (χ2n) is 5.72. The average Bonchev–Trinajstić information content (AvgIpc) is 2.82. The Morgan fingerprint density at radius 2 is 1.96 bits per heavy atom. The van der Waals surface area contributed by atoms with Gasteiger partial charge in [0.25, 0.3) is 0 Å². The first kappa shape index (κ1) is 18.6. The lowest BCUT2D eigenvalue weighted by Gasteiger charge is -2.19. The van der Waals surface area contributed by atoms with Crippen molar-refractivity contribution in [3.63, 3.8) is 0 Å². The molecule has 132 valence electrons. The smallest absolute Gasteiger partial charge is 0.374 e. The number of hydrogen-bond acceptors (Lipinski definition) is 2. The predicted octanol–water partition coefficient (Wildman–Crippen LogP) is 5.46. The number of hydrogen-bond donors (Lipinski definition) is 1. The average molecular weight is 360 g/mol. The van der Waals surface area contributed by atoms with E-state index in [0.717, 1.165) is 35.9 Å². The Morgan fingerprint density at radius 3 is 2.46 bits per heavy atom. The molecule has 3 nitrogen and oxygen atoms in total. The summed E-state index contributed by atoms with van der Waals surface area (Å²) < 4.78 is 39.9. The summed E-state index contributed by atoms with van der Waals surface area (Å²) in [6.45, 7) is 7.58. The number of nitrogens with zero attached hydrogens (tertiary/aromatic N) is 2. The summed E-state index contributed by atoms with van der Waals surface area (Å²) in [4.78, 5) is 0. The molecule has 1 atom stereocenters. The van der Waals surface area contributed by atoms with Crippen LogP contribution in [0.2, 0.25) is 5.02 Å². The lowest BCUT2D eigenvalue weighted by Crippen LogP contribution is -2.33. The molecule has 1 aromatic heterocycles. The van der Waals surface area contributed by atoms with Crippen LogP contribution >= 0.6 is 11.6 Å². The molecule has 0 unspecified atom stereocenters. The summed E-state index contributed by atoms with van der Waals surface area (Å²) in [6, 6.07) is 3.51. The van der Waals surface area contributed by atoms with Crippen molar-refractivity contribution in [3.8, 4) is 11.3 Å². The largest absolute Gasteiger partial charge is 0.408 e. The van der Waals surface area contributed by atoms with Gasteiger partial charge in [-0.05, 0) is 44.9 Å². The van der Waals surface area contributed by atoms with Crippen LogP contribution in [-0.4, -0.2) is 22.0 Å². The van der Waals surface area contributed by atoms with E-state index in [9.17, 15) is 13.2 Å². The first-order valence-electron chi connectivity index (χ1n) is 7.88. The Morgan fingerprint density at radius 1 is 1.29 bits per heavy atom. The standard InChI is InChI=1S/C17H21ClF3N3/c1-5-14-15(18)16(24(6-2)23-14)13-8-7-12(9-10(13)3)22-11(4)17(19,20)21/h7-9,11,22H,5-6H2,1-4H3/t11-/m1/s1. The second kappa shape index (κ2) is 7.05. The molecule has 1 aromatic carbocycles. The van der Waals surface area contributed by atoms with Gasteiger partial charge in [-0.25, -0.2) is 0 Å². The lowest BCUT2D eigenvalue weighted by atomic mass is 10.0. The van der Waals surface area contributed by atoms with Crippen LogP contribution in [0.25, 0.3) is 11.3 Å². The maximum atomic E-state index is 12.7. The molecule has 0 saturated heterocycles. The van der Waals surface area contributed by atoms with Crippen LogP contribution in [0.15, 0.2) is 18.2 Å². The van der Waals surface area contributed by atoms with E-state index in [-0.39, 0.29) is 0 Å². The summed E-state index contributed by atoms with van der Waals surface area (Å²) in [6.07, 6.45) is -3.56. The zero-order valence-corrected chi connectivity index (χ0v) is 14.9. The Labute approximate surface area is 144 Å². The minimum absolute atomic E-state index is 0.426. The number of nitrogens with one attached hydrogen (secondary N) is 1. The monoisotopic (exact) mass is 359 g/mol. The highest BCUT2D eigenvalue weighted by Crippen LogP contribution is 2.35. The fourth-order valence-electron chi connectivity index (χ4n) is 2.55. The van der Waals surface area contributed by atoms with Gasteiger partial charge in [-0.2, -0.15) is 18.3 Å². The molecule has 0 bridgehead atoms. The Balaban J connectivity index is 2.39. The minimum Gasteiger partial charge on any atom is -0.374 e.